The minimum atomic E-state index is -0.541. The summed E-state index contributed by atoms with van der Waals surface area (Å²) in [5, 5.41) is 14.6. The van der Waals surface area contributed by atoms with Crippen LogP contribution in [-0.4, -0.2) is 15.8 Å². The first-order valence-electron chi connectivity index (χ1n) is 8.76. The van der Waals surface area contributed by atoms with Crippen LogP contribution >= 0.6 is 0 Å². The van der Waals surface area contributed by atoms with Gasteiger partial charge in [-0.1, -0.05) is 12.1 Å². The minimum Gasteiger partial charge on any atom is -0.322 e. The van der Waals surface area contributed by atoms with Crippen LogP contribution in [0.15, 0.2) is 47.3 Å². The number of carbonyl (C=O) groups excluding carboxylic acids is 1. The maximum Gasteiger partial charge on any atom is 0.270 e. The van der Waals surface area contributed by atoms with Crippen molar-refractivity contribution < 1.29 is 9.72 Å². The van der Waals surface area contributed by atoms with Gasteiger partial charge < -0.3 is 10.3 Å². The molecule has 0 unspecified atom stereocenters. The van der Waals surface area contributed by atoms with Gasteiger partial charge in [-0.2, -0.15) is 0 Å². The molecule has 3 aromatic rings. The number of nitrogens with one attached hydrogen (secondary N) is 2. The summed E-state index contributed by atoms with van der Waals surface area (Å²) >= 11 is 0. The number of hydrogen-bond acceptors (Lipinski definition) is 4. The number of hydrogen-bond donors (Lipinski definition) is 2. The van der Waals surface area contributed by atoms with Crippen LogP contribution in [0.4, 0.5) is 11.4 Å². The smallest absolute Gasteiger partial charge is 0.270 e. The zero-order valence-corrected chi connectivity index (χ0v) is 14.5. The third kappa shape index (κ3) is 3.19. The standard InChI is InChI=1S/C20H17N3O4/c24-19(12-4-3-5-14(10-12)23(26)27)21-13-8-9-16-15-6-1-2-7-17(15)20(25)22-18(16)11-13/h3-5,8-11H,1-2,6-7H2,(H,21,24)(H,22,25). The van der Waals surface area contributed by atoms with E-state index in [1.54, 1.807) is 12.1 Å². The SMILES string of the molecule is O=C(Nc1ccc2c3c(c(=O)[nH]c2c1)CCCC3)c1cccc([N+](=O)[O-])c1. The summed E-state index contributed by atoms with van der Waals surface area (Å²) in [5.41, 5.74) is 3.14. The number of non-ortho nitro benzene ring substituents is 1. The van der Waals surface area contributed by atoms with E-state index in [1.807, 2.05) is 6.07 Å². The molecule has 1 aromatic heterocycles. The Hall–Kier alpha value is -3.48. The fourth-order valence-electron chi connectivity index (χ4n) is 3.60. The fourth-order valence-corrected chi connectivity index (χ4v) is 3.60. The number of rotatable bonds is 3. The van der Waals surface area contributed by atoms with Crippen LogP contribution in [0, 0.1) is 10.1 Å². The van der Waals surface area contributed by atoms with Crippen molar-refractivity contribution in [1.29, 1.82) is 0 Å². The van der Waals surface area contributed by atoms with Gasteiger partial charge in [0.25, 0.3) is 17.2 Å². The summed E-state index contributed by atoms with van der Waals surface area (Å²) in [6.07, 6.45) is 3.77. The van der Waals surface area contributed by atoms with Crippen molar-refractivity contribution in [2.24, 2.45) is 0 Å². The second kappa shape index (κ2) is 6.68. The van der Waals surface area contributed by atoms with Gasteiger partial charge in [-0.05, 0) is 49.4 Å². The highest BCUT2D eigenvalue weighted by Gasteiger charge is 2.17. The van der Waals surface area contributed by atoms with E-state index in [0.717, 1.165) is 42.2 Å². The van der Waals surface area contributed by atoms with E-state index < -0.39 is 10.8 Å². The van der Waals surface area contributed by atoms with E-state index in [1.165, 1.54) is 24.3 Å². The molecular formula is C20H17N3O4. The van der Waals surface area contributed by atoms with E-state index in [9.17, 15) is 19.7 Å². The van der Waals surface area contributed by atoms with Gasteiger partial charge in [0.2, 0.25) is 0 Å². The molecule has 0 radical (unpaired) electrons. The molecule has 1 aliphatic rings. The first kappa shape index (κ1) is 17.0. The molecule has 0 saturated carbocycles. The summed E-state index contributed by atoms with van der Waals surface area (Å²) in [7, 11) is 0. The number of nitro benzene ring substituents is 1. The number of aromatic amines is 1. The number of nitrogens with zero attached hydrogens (tertiary/aromatic N) is 1. The zero-order chi connectivity index (χ0) is 19.0. The first-order chi connectivity index (χ1) is 13.0. The van der Waals surface area contributed by atoms with Crippen LogP contribution < -0.4 is 10.9 Å². The number of pyridine rings is 1. The van der Waals surface area contributed by atoms with Gasteiger partial charge in [0.05, 0.1) is 10.4 Å². The van der Waals surface area contributed by atoms with Crippen molar-refractivity contribution in [3.8, 4) is 0 Å². The maximum atomic E-state index is 12.4. The van der Waals surface area contributed by atoms with E-state index >= 15 is 0 Å². The molecule has 1 amide bonds. The Bertz CT molecular complexity index is 1130. The van der Waals surface area contributed by atoms with Gasteiger partial charge in [0.15, 0.2) is 0 Å². The van der Waals surface area contributed by atoms with Gasteiger partial charge in [-0.15, -0.1) is 0 Å². The quantitative estimate of drug-likeness (QED) is 0.548. The van der Waals surface area contributed by atoms with E-state index in [-0.39, 0.29) is 16.8 Å². The van der Waals surface area contributed by atoms with Crippen LogP contribution in [0.3, 0.4) is 0 Å². The lowest BCUT2D eigenvalue weighted by molar-refractivity contribution is -0.384. The number of benzene rings is 2. The van der Waals surface area contributed by atoms with Crippen molar-refractivity contribution in [1.82, 2.24) is 4.98 Å². The highest BCUT2D eigenvalue weighted by molar-refractivity contribution is 6.05. The Labute approximate surface area is 154 Å². The van der Waals surface area contributed by atoms with Gasteiger partial charge in [0, 0.05) is 34.3 Å². The molecule has 1 aliphatic carbocycles. The molecule has 2 N–H and O–H groups in total. The minimum absolute atomic E-state index is 0.0700. The molecule has 4 rings (SSSR count). The monoisotopic (exact) mass is 363 g/mol. The summed E-state index contributed by atoms with van der Waals surface area (Å²) < 4.78 is 0. The van der Waals surface area contributed by atoms with E-state index in [0.29, 0.717) is 11.2 Å². The van der Waals surface area contributed by atoms with E-state index in [4.69, 9.17) is 0 Å². The predicted molar refractivity (Wildman–Crippen MR) is 102 cm³/mol. The molecule has 0 saturated heterocycles. The molecule has 136 valence electrons. The molecule has 0 bridgehead atoms. The lowest BCUT2D eigenvalue weighted by atomic mass is 9.90. The van der Waals surface area contributed by atoms with Gasteiger partial charge in [-0.3, -0.25) is 19.7 Å². The molecule has 2 aromatic carbocycles. The zero-order valence-electron chi connectivity index (χ0n) is 14.5. The molecule has 0 aliphatic heterocycles. The summed E-state index contributed by atoms with van der Waals surface area (Å²) in [4.78, 5) is 38.0. The van der Waals surface area contributed by atoms with Crippen molar-refractivity contribution in [2.75, 3.05) is 5.32 Å². The normalized spacial score (nSPS) is 13.2. The predicted octanol–water partition coefficient (Wildman–Crippen LogP) is 3.57. The summed E-state index contributed by atoms with van der Waals surface area (Å²) in [5.74, 6) is -0.446. The first-order valence-corrected chi connectivity index (χ1v) is 8.76. The van der Waals surface area contributed by atoms with Gasteiger partial charge in [0.1, 0.15) is 0 Å². The van der Waals surface area contributed by atoms with Crippen LogP contribution in [0.5, 0.6) is 0 Å². The number of fused-ring (bicyclic) bond motifs is 3. The topological polar surface area (TPSA) is 105 Å². The Kier molecular flexibility index (Phi) is 4.19. The fraction of sp³-hybridized carbons (Fsp3) is 0.200. The average molecular weight is 363 g/mol. The molecule has 1 heterocycles. The molecule has 7 nitrogen and oxygen atoms in total. The lowest BCUT2D eigenvalue weighted by Crippen LogP contribution is -2.19. The van der Waals surface area contributed by atoms with Crippen LogP contribution in [0.2, 0.25) is 0 Å². The average Bonchev–Trinajstić information content (AvgIpc) is 2.68. The summed E-state index contributed by atoms with van der Waals surface area (Å²) in [6, 6.07) is 11.0. The number of amides is 1. The number of carbonyl (C=O) groups is 1. The number of anilines is 1. The highest BCUT2D eigenvalue weighted by atomic mass is 16.6. The van der Waals surface area contributed by atoms with Gasteiger partial charge >= 0.3 is 0 Å². The van der Waals surface area contributed by atoms with Crippen LogP contribution in [0.1, 0.15) is 34.3 Å². The summed E-state index contributed by atoms with van der Waals surface area (Å²) in [6.45, 7) is 0. The van der Waals surface area contributed by atoms with Crippen molar-refractivity contribution in [2.45, 2.75) is 25.7 Å². The lowest BCUT2D eigenvalue weighted by Gasteiger charge is -2.17. The Morgan fingerprint density at radius 1 is 1.07 bits per heavy atom. The van der Waals surface area contributed by atoms with Crippen molar-refractivity contribution >= 4 is 28.2 Å². The number of aromatic nitrogens is 1. The van der Waals surface area contributed by atoms with Crippen molar-refractivity contribution in [3.05, 3.63) is 79.6 Å². The molecule has 27 heavy (non-hydrogen) atoms. The highest BCUT2D eigenvalue weighted by Crippen LogP contribution is 2.27. The largest absolute Gasteiger partial charge is 0.322 e. The molecule has 0 fully saturated rings. The third-order valence-corrected chi connectivity index (χ3v) is 4.91. The third-order valence-electron chi connectivity index (χ3n) is 4.91. The Balaban J connectivity index is 1.67. The van der Waals surface area contributed by atoms with Gasteiger partial charge in [-0.25, -0.2) is 0 Å². The molecule has 7 heteroatoms. The number of H-pyrrole nitrogens is 1. The maximum absolute atomic E-state index is 12.4. The van der Waals surface area contributed by atoms with Crippen LogP contribution in [-0.2, 0) is 12.8 Å². The Morgan fingerprint density at radius 2 is 1.85 bits per heavy atom. The molecule has 0 atom stereocenters. The molecular weight excluding hydrogens is 346 g/mol. The second-order valence-corrected chi connectivity index (χ2v) is 6.64. The van der Waals surface area contributed by atoms with E-state index in [2.05, 4.69) is 10.3 Å². The number of nitro groups is 1. The number of aryl methyl sites for hydroxylation is 1. The van der Waals surface area contributed by atoms with Crippen molar-refractivity contribution in [3.63, 3.8) is 0 Å². The Morgan fingerprint density at radius 3 is 2.63 bits per heavy atom. The second-order valence-electron chi connectivity index (χ2n) is 6.64. The van der Waals surface area contributed by atoms with Crippen LogP contribution in [0.25, 0.3) is 10.9 Å². The molecule has 0 spiro atoms.